The van der Waals surface area contributed by atoms with Crippen molar-refractivity contribution in [2.45, 2.75) is 51.2 Å². The van der Waals surface area contributed by atoms with Crippen molar-refractivity contribution in [3.8, 4) is 0 Å². The van der Waals surface area contributed by atoms with Gasteiger partial charge in [0.1, 0.15) is 0 Å². The molecule has 0 aromatic rings. The number of rotatable bonds is 4. The van der Waals surface area contributed by atoms with Gasteiger partial charge in [0.15, 0.2) is 0 Å². The number of carbonyl (C=O) groups is 1. The molecule has 1 aliphatic rings. The number of carbonyl (C=O) groups excluding carboxylic acids is 1. The van der Waals surface area contributed by atoms with Crippen LogP contribution in [0.3, 0.4) is 0 Å². The Labute approximate surface area is 106 Å². The Morgan fingerprint density at radius 2 is 1.78 bits per heavy atom. The van der Waals surface area contributed by atoms with Crippen LogP contribution < -0.4 is 5.32 Å². The summed E-state index contributed by atoms with van der Waals surface area (Å²) in [6, 6.07) is -0.721. The molecule has 1 saturated heterocycles. The van der Waals surface area contributed by atoms with E-state index in [0.29, 0.717) is 0 Å². The molecule has 0 aromatic heterocycles. The zero-order chi connectivity index (χ0) is 13.6. The van der Waals surface area contributed by atoms with Gasteiger partial charge in [-0.1, -0.05) is 12.8 Å². The van der Waals surface area contributed by atoms with Crippen LogP contribution in [0.4, 0.5) is 13.2 Å². The Kier molecular flexibility index (Phi) is 5.91. The normalized spacial score (nSPS) is 19.4. The highest BCUT2D eigenvalue weighted by atomic mass is 19.4. The van der Waals surface area contributed by atoms with Crippen LogP contribution in [0.15, 0.2) is 0 Å². The molecule has 0 aliphatic carbocycles. The topological polar surface area (TPSA) is 32.3 Å². The van der Waals surface area contributed by atoms with Gasteiger partial charge < -0.3 is 10.2 Å². The first-order valence-electron chi connectivity index (χ1n) is 6.46. The minimum Gasteiger partial charge on any atom is -0.342 e. The highest BCUT2D eigenvalue weighted by molar-refractivity contribution is 5.78. The zero-order valence-electron chi connectivity index (χ0n) is 10.7. The lowest BCUT2D eigenvalue weighted by atomic mass is 10.2. The number of hydrogen-bond donors (Lipinski definition) is 1. The summed E-state index contributed by atoms with van der Waals surface area (Å²) in [6.07, 6.45) is -0.852. The van der Waals surface area contributed by atoms with Gasteiger partial charge in [0.2, 0.25) is 5.91 Å². The Morgan fingerprint density at radius 1 is 1.22 bits per heavy atom. The molecule has 106 valence electrons. The van der Waals surface area contributed by atoms with Crippen molar-refractivity contribution in [3.63, 3.8) is 0 Å². The van der Waals surface area contributed by atoms with E-state index in [9.17, 15) is 18.0 Å². The summed E-state index contributed by atoms with van der Waals surface area (Å²) in [4.78, 5) is 13.6. The smallest absolute Gasteiger partial charge is 0.342 e. The number of hydrogen-bond acceptors (Lipinski definition) is 2. The van der Waals surface area contributed by atoms with Gasteiger partial charge in [-0.25, -0.2) is 0 Å². The van der Waals surface area contributed by atoms with Crippen LogP contribution in [-0.2, 0) is 4.79 Å². The molecule has 1 amide bonds. The van der Waals surface area contributed by atoms with Gasteiger partial charge in [-0.15, -0.1) is 0 Å². The second-order valence-electron chi connectivity index (χ2n) is 4.90. The van der Waals surface area contributed by atoms with Crippen molar-refractivity contribution < 1.29 is 18.0 Å². The van der Waals surface area contributed by atoms with E-state index in [1.807, 2.05) is 0 Å². The fourth-order valence-corrected chi connectivity index (χ4v) is 2.11. The molecule has 1 atom stereocenters. The highest BCUT2D eigenvalue weighted by Gasteiger charge is 2.30. The van der Waals surface area contributed by atoms with Gasteiger partial charge >= 0.3 is 6.18 Å². The van der Waals surface area contributed by atoms with E-state index in [2.05, 4.69) is 5.32 Å². The Balaban J connectivity index is 2.27. The molecule has 1 fully saturated rings. The summed E-state index contributed by atoms with van der Waals surface area (Å²) >= 11 is 0. The van der Waals surface area contributed by atoms with Crippen LogP contribution in [0.2, 0.25) is 0 Å². The lowest BCUT2D eigenvalue weighted by Gasteiger charge is -2.22. The maximum absolute atomic E-state index is 12.1. The molecule has 0 spiro atoms. The summed E-state index contributed by atoms with van der Waals surface area (Å²) in [5.74, 6) is -0.0917. The predicted molar refractivity (Wildman–Crippen MR) is 63.2 cm³/mol. The third kappa shape index (κ3) is 6.23. The van der Waals surface area contributed by atoms with Crippen LogP contribution in [0, 0.1) is 0 Å². The fourth-order valence-electron chi connectivity index (χ4n) is 2.11. The second-order valence-corrected chi connectivity index (χ2v) is 4.90. The average molecular weight is 266 g/mol. The lowest BCUT2D eigenvalue weighted by Crippen LogP contribution is -2.42. The first-order valence-corrected chi connectivity index (χ1v) is 6.46. The third-order valence-corrected chi connectivity index (χ3v) is 3.10. The monoisotopic (exact) mass is 266 g/mol. The van der Waals surface area contributed by atoms with E-state index >= 15 is 0 Å². The summed E-state index contributed by atoms with van der Waals surface area (Å²) < 4.78 is 36.3. The number of halogens is 3. The van der Waals surface area contributed by atoms with E-state index in [-0.39, 0.29) is 12.5 Å². The SMILES string of the molecule is CC(CC(F)(F)F)NCC(=O)N1CCCCCC1. The summed E-state index contributed by atoms with van der Waals surface area (Å²) in [6.45, 7) is 2.91. The van der Waals surface area contributed by atoms with Gasteiger partial charge in [-0.05, 0) is 19.8 Å². The van der Waals surface area contributed by atoms with Crippen LogP contribution >= 0.6 is 0 Å². The minimum atomic E-state index is -4.18. The van der Waals surface area contributed by atoms with Gasteiger partial charge in [0.05, 0.1) is 13.0 Å². The standard InChI is InChI=1S/C12H21F3N2O/c1-10(8-12(13,14)15)16-9-11(18)17-6-4-2-3-5-7-17/h10,16H,2-9H2,1H3. The molecule has 1 N–H and O–H groups in total. The molecule has 3 nitrogen and oxygen atoms in total. The number of amides is 1. The lowest BCUT2D eigenvalue weighted by molar-refractivity contribution is -0.141. The summed E-state index contributed by atoms with van der Waals surface area (Å²) in [5.41, 5.74) is 0. The molecular weight excluding hydrogens is 245 g/mol. The zero-order valence-corrected chi connectivity index (χ0v) is 10.7. The molecular formula is C12H21F3N2O. The van der Waals surface area contributed by atoms with Gasteiger partial charge in [-0.3, -0.25) is 4.79 Å². The largest absolute Gasteiger partial charge is 0.390 e. The van der Waals surface area contributed by atoms with Gasteiger partial charge in [-0.2, -0.15) is 13.2 Å². The van der Waals surface area contributed by atoms with E-state index in [1.54, 1.807) is 4.90 Å². The van der Waals surface area contributed by atoms with Crippen LogP contribution in [0.5, 0.6) is 0 Å². The van der Waals surface area contributed by atoms with Crippen molar-refractivity contribution in [2.75, 3.05) is 19.6 Å². The molecule has 0 aromatic carbocycles. The number of nitrogens with one attached hydrogen (secondary N) is 1. The maximum Gasteiger partial charge on any atom is 0.390 e. The Hall–Kier alpha value is -0.780. The van der Waals surface area contributed by atoms with Crippen LogP contribution in [-0.4, -0.2) is 42.7 Å². The molecule has 0 bridgehead atoms. The maximum atomic E-state index is 12.1. The number of alkyl halides is 3. The summed E-state index contributed by atoms with van der Waals surface area (Å²) in [7, 11) is 0. The van der Waals surface area contributed by atoms with E-state index in [0.717, 1.165) is 38.8 Å². The van der Waals surface area contributed by atoms with E-state index in [4.69, 9.17) is 0 Å². The molecule has 1 heterocycles. The number of likely N-dealkylation sites (tertiary alicyclic amines) is 1. The van der Waals surface area contributed by atoms with Gasteiger partial charge in [0.25, 0.3) is 0 Å². The fraction of sp³-hybridized carbons (Fsp3) is 0.917. The molecule has 1 unspecified atom stereocenters. The Bertz CT molecular complexity index is 261. The van der Waals surface area contributed by atoms with Gasteiger partial charge in [0, 0.05) is 19.1 Å². The molecule has 6 heteroatoms. The van der Waals surface area contributed by atoms with Crippen LogP contribution in [0.1, 0.15) is 39.0 Å². The first-order chi connectivity index (χ1) is 8.38. The van der Waals surface area contributed by atoms with Crippen molar-refractivity contribution in [1.29, 1.82) is 0 Å². The molecule has 1 aliphatic heterocycles. The van der Waals surface area contributed by atoms with Crippen LogP contribution in [0.25, 0.3) is 0 Å². The van der Waals surface area contributed by atoms with E-state index in [1.165, 1.54) is 6.92 Å². The van der Waals surface area contributed by atoms with Crippen molar-refractivity contribution in [3.05, 3.63) is 0 Å². The minimum absolute atomic E-state index is 0.00273. The quantitative estimate of drug-likeness (QED) is 0.847. The molecule has 18 heavy (non-hydrogen) atoms. The van der Waals surface area contributed by atoms with Crippen molar-refractivity contribution in [2.24, 2.45) is 0 Å². The number of nitrogens with zero attached hydrogens (tertiary/aromatic N) is 1. The summed E-state index contributed by atoms with van der Waals surface area (Å²) in [5, 5.41) is 2.65. The first kappa shape index (κ1) is 15.3. The average Bonchev–Trinajstić information content (AvgIpc) is 2.52. The molecule has 1 rings (SSSR count). The second kappa shape index (κ2) is 6.97. The molecule has 0 saturated carbocycles. The third-order valence-electron chi connectivity index (χ3n) is 3.10. The predicted octanol–water partition coefficient (Wildman–Crippen LogP) is 2.32. The van der Waals surface area contributed by atoms with Crippen molar-refractivity contribution in [1.82, 2.24) is 10.2 Å². The van der Waals surface area contributed by atoms with E-state index < -0.39 is 18.6 Å². The Morgan fingerprint density at radius 3 is 2.28 bits per heavy atom. The van der Waals surface area contributed by atoms with Crippen molar-refractivity contribution >= 4 is 5.91 Å². The highest BCUT2D eigenvalue weighted by Crippen LogP contribution is 2.21. The molecule has 0 radical (unpaired) electrons.